The summed E-state index contributed by atoms with van der Waals surface area (Å²) in [5.41, 5.74) is 6.66. The maximum Gasteiger partial charge on any atom is 0.295 e. The number of benzene rings is 1. The summed E-state index contributed by atoms with van der Waals surface area (Å²) in [6.07, 6.45) is 2.04. The average Bonchev–Trinajstić information content (AvgIpc) is 2.76. The minimum atomic E-state index is -0.365. The van der Waals surface area contributed by atoms with Crippen molar-refractivity contribution in [3.05, 3.63) is 28.3 Å². The molecule has 1 unspecified atom stereocenters. The largest absolute Gasteiger partial charge is 0.353 e. The Balaban J connectivity index is 2.13. The quantitative estimate of drug-likeness (QED) is 0.661. The summed E-state index contributed by atoms with van der Waals surface area (Å²) in [5.74, 6) is 0.793. The molecule has 1 aliphatic rings. The van der Waals surface area contributed by atoms with Gasteiger partial charge in [0.15, 0.2) is 5.82 Å². The van der Waals surface area contributed by atoms with Crippen LogP contribution in [0.3, 0.4) is 0 Å². The van der Waals surface area contributed by atoms with Crippen LogP contribution in [0.1, 0.15) is 12.8 Å². The number of non-ortho nitro benzene ring substituents is 1. The second-order valence-electron chi connectivity index (χ2n) is 5.23. The molecule has 0 saturated carbocycles. The molecule has 3 rings (SSSR count). The van der Waals surface area contributed by atoms with Crippen molar-refractivity contribution in [1.82, 2.24) is 9.78 Å². The summed E-state index contributed by atoms with van der Waals surface area (Å²) in [6.45, 7) is 1.64. The van der Waals surface area contributed by atoms with Gasteiger partial charge in [0.1, 0.15) is 5.52 Å². The molecule has 1 aromatic carbocycles. The molecule has 20 heavy (non-hydrogen) atoms. The molecule has 1 fully saturated rings. The zero-order valence-corrected chi connectivity index (χ0v) is 11.3. The maximum atomic E-state index is 11.1. The fourth-order valence-corrected chi connectivity index (χ4v) is 2.88. The van der Waals surface area contributed by atoms with Crippen LogP contribution in [0.5, 0.6) is 0 Å². The first-order valence-electron chi connectivity index (χ1n) is 6.68. The predicted octanol–water partition coefficient (Wildman–Crippen LogP) is 1.41. The highest BCUT2D eigenvalue weighted by Crippen LogP contribution is 2.32. The van der Waals surface area contributed by atoms with Crippen molar-refractivity contribution in [3.8, 4) is 0 Å². The van der Waals surface area contributed by atoms with Crippen molar-refractivity contribution in [2.75, 3.05) is 18.0 Å². The smallest absolute Gasteiger partial charge is 0.295 e. The van der Waals surface area contributed by atoms with Gasteiger partial charge in [-0.05, 0) is 18.9 Å². The molecule has 0 aliphatic carbocycles. The normalized spacial score (nSPS) is 19.5. The zero-order valence-electron chi connectivity index (χ0n) is 11.3. The lowest BCUT2D eigenvalue weighted by Crippen LogP contribution is -2.43. The molecule has 7 nitrogen and oxygen atoms in total. The van der Waals surface area contributed by atoms with E-state index in [4.69, 9.17) is 5.73 Å². The molecule has 2 heterocycles. The molecular formula is C13H17N5O2. The Kier molecular flexibility index (Phi) is 3.06. The number of nitro benzene ring substituents is 1. The summed E-state index contributed by atoms with van der Waals surface area (Å²) >= 11 is 0. The lowest BCUT2D eigenvalue weighted by atomic mass is 10.1. The van der Waals surface area contributed by atoms with Crippen LogP contribution in [0.25, 0.3) is 10.9 Å². The summed E-state index contributed by atoms with van der Waals surface area (Å²) in [7, 11) is 1.74. The molecule has 1 aromatic heterocycles. The number of hydrogen-bond donors (Lipinski definition) is 1. The van der Waals surface area contributed by atoms with Gasteiger partial charge in [0, 0.05) is 32.2 Å². The number of piperidine rings is 1. The van der Waals surface area contributed by atoms with Crippen molar-refractivity contribution in [2.24, 2.45) is 12.8 Å². The number of hydrogen-bond acceptors (Lipinski definition) is 5. The molecular weight excluding hydrogens is 258 g/mol. The zero-order chi connectivity index (χ0) is 14.3. The molecule has 7 heteroatoms. The average molecular weight is 275 g/mol. The predicted molar refractivity (Wildman–Crippen MR) is 76.8 cm³/mol. The van der Waals surface area contributed by atoms with E-state index in [1.165, 1.54) is 6.07 Å². The van der Waals surface area contributed by atoms with E-state index in [9.17, 15) is 10.1 Å². The molecule has 1 saturated heterocycles. The van der Waals surface area contributed by atoms with Crippen LogP contribution in [0.15, 0.2) is 18.2 Å². The van der Waals surface area contributed by atoms with Crippen molar-refractivity contribution in [2.45, 2.75) is 18.9 Å². The van der Waals surface area contributed by atoms with Crippen LogP contribution < -0.4 is 10.6 Å². The van der Waals surface area contributed by atoms with Gasteiger partial charge >= 0.3 is 0 Å². The van der Waals surface area contributed by atoms with Crippen LogP contribution in [0.4, 0.5) is 11.5 Å². The monoisotopic (exact) mass is 275 g/mol. The van der Waals surface area contributed by atoms with Crippen molar-refractivity contribution in [3.63, 3.8) is 0 Å². The summed E-state index contributed by atoms with van der Waals surface area (Å²) in [6, 6.07) is 5.23. The Morgan fingerprint density at radius 3 is 3.00 bits per heavy atom. The second kappa shape index (κ2) is 4.75. The molecule has 0 radical (unpaired) electrons. The third kappa shape index (κ3) is 2.00. The van der Waals surface area contributed by atoms with E-state index in [0.29, 0.717) is 5.52 Å². The number of anilines is 1. The highest BCUT2D eigenvalue weighted by molar-refractivity contribution is 5.96. The third-order valence-electron chi connectivity index (χ3n) is 3.78. The fraction of sp³-hybridized carbons (Fsp3) is 0.462. The first kappa shape index (κ1) is 12.9. The molecule has 106 valence electrons. The summed E-state index contributed by atoms with van der Waals surface area (Å²) in [4.78, 5) is 12.9. The van der Waals surface area contributed by atoms with E-state index in [-0.39, 0.29) is 16.7 Å². The number of fused-ring (bicyclic) bond motifs is 1. The highest BCUT2D eigenvalue weighted by atomic mass is 16.6. The minimum absolute atomic E-state index is 0.0880. The Hall–Kier alpha value is -2.15. The van der Waals surface area contributed by atoms with Gasteiger partial charge in [0.25, 0.3) is 5.69 Å². The van der Waals surface area contributed by atoms with Crippen molar-refractivity contribution in [1.29, 1.82) is 0 Å². The van der Waals surface area contributed by atoms with Crippen molar-refractivity contribution < 1.29 is 4.92 Å². The topological polar surface area (TPSA) is 90.2 Å². The molecule has 0 spiro atoms. The molecule has 0 amide bonds. The Morgan fingerprint density at radius 2 is 2.30 bits per heavy atom. The molecule has 2 N–H and O–H groups in total. The third-order valence-corrected chi connectivity index (χ3v) is 3.78. The number of rotatable bonds is 2. The SMILES string of the molecule is Cn1nc(N2CCCC(N)C2)c2cccc([N+](=O)[O-])c21. The fourth-order valence-electron chi connectivity index (χ4n) is 2.88. The summed E-state index contributed by atoms with van der Waals surface area (Å²) < 4.78 is 1.59. The van der Waals surface area contributed by atoms with Gasteiger partial charge in [-0.3, -0.25) is 14.8 Å². The first-order valence-corrected chi connectivity index (χ1v) is 6.68. The maximum absolute atomic E-state index is 11.1. The van der Waals surface area contributed by atoms with Crippen LogP contribution in [0, 0.1) is 10.1 Å². The van der Waals surface area contributed by atoms with Gasteiger partial charge < -0.3 is 10.6 Å². The molecule has 0 bridgehead atoms. The number of para-hydroxylation sites is 1. The van der Waals surface area contributed by atoms with Gasteiger partial charge in [-0.25, -0.2) is 0 Å². The second-order valence-corrected chi connectivity index (χ2v) is 5.23. The van der Waals surface area contributed by atoms with Crippen LogP contribution in [-0.4, -0.2) is 33.8 Å². The van der Waals surface area contributed by atoms with E-state index in [2.05, 4.69) is 10.00 Å². The molecule has 1 atom stereocenters. The van der Waals surface area contributed by atoms with Crippen molar-refractivity contribution >= 4 is 22.4 Å². The molecule has 2 aromatic rings. The highest BCUT2D eigenvalue weighted by Gasteiger charge is 2.24. The van der Waals surface area contributed by atoms with E-state index >= 15 is 0 Å². The Labute approximate surface area is 116 Å². The van der Waals surface area contributed by atoms with Gasteiger partial charge in [0.2, 0.25) is 0 Å². The number of nitrogens with zero attached hydrogens (tertiary/aromatic N) is 4. The summed E-state index contributed by atoms with van der Waals surface area (Å²) in [5, 5.41) is 16.4. The molecule has 1 aliphatic heterocycles. The lowest BCUT2D eigenvalue weighted by molar-refractivity contribution is -0.383. The van der Waals surface area contributed by atoms with E-state index in [1.54, 1.807) is 17.8 Å². The van der Waals surface area contributed by atoms with E-state index < -0.39 is 0 Å². The van der Waals surface area contributed by atoms with Crippen LogP contribution in [-0.2, 0) is 7.05 Å². The van der Waals surface area contributed by atoms with E-state index in [0.717, 1.165) is 37.1 Å². The minimum Gasteiger partial charge on any atom is -0.353 e. The number of aryl methyl sites for hydroxylation is 1. The standard InChI is InChI=1S/C13H17N5O2/c1-16-12-10(5-2-6-11(12)18(19)20)13(15-16)17-7-3-4-9(14)8-17/h2,5-6,9H,3-4,7-8,14H2,1H3. The van der Waals surface area contributed by atoms with Gasteiger partial charge in [-0.15, -0.1) is 0 Å². The lowest BCUT2D eigenvalue weighted by Gasteiger charge is -2.31. The Bertz CT molecular complexity index is 666. The van der Waals surface area contributed by atoms with Crippen LogP contribution >= 0.6 is 0 Å². The number of nitrogens with two attached hydrogens (primary N) is 1. The van der Waals surface area contributed by atoms with Gasteiger partial charge in [-0.2, -0.15) is 5.10 Å². The number of nitro groups is 1. The van der Waals surface area contributed by atoms with Gasteiger partial charge in [0.05, 0.1) is 10.3 Å². The Morgan fingerprint density at radius 1 is 1.50 bits per heavy atom. The van der Waals surface area contributed by atoms with Gasteiger partial charge in [-0.1, -0.05) is 6.07 Å². The first-order chi connectivity index (χ1) is 9.58. The number of aromatic nitrogens is 2. The van der Waals surface area contributed by atoms with Crippen LogP contribution in [0.2, 0.25) is 0 Å². The van der Waals surface area contributed by atoms with E-state index in [1.807, 2.05) is 6.07 Å².